The quantitative estimate of drug-likeness (QED) is 0.309. The van der Waals surface area contributed by atoms with Gasteiger partial charge in [0.05, 0.1) is 11.5 Å². The summed E-state index contributed by atoms with van der Waals surface area (Å²) in [6, 6.07) is 16.4. The van der Waals surface area contributed by atoms with E-state index in [0.717, 1.165) is 58.0 Å². The predicted molar refractivity (Wildman–Crippen MR) is 151 cm³/mol. The molecule has 0 saturated carbocycles. The van der Waals surface area contributed by atoms with E-state index in [9.17, 15) is 4.79 Å². The van der Waals surface area contributed by atoms with Gasteiger partial charge >= 0.3 is 0 Å². The summed E-state index contributed by atoms with van der Waals surface area (Å²) in [7, 11) is 5.64. The van der Waals surface area contributed by atoms with Crippen molar-refractivity contribution in [1.29, 1.82) is 0 Å². The van der Waals surface area contributed by atoms with Crippen molar-refractivity contribution < 1.29 is 0 Å². The van der Waals surface area contributed by atoms with E-state index in [4.69, 9.17) is 17.2 Å². The Bertz CT molecular complexity index is 1450. The second-order valence-corrected chi connectivity index (χ2v) is 9.89. The van der Waals surface area contributed by atoms with Crippen LogP contribution in [0.15, 0.2) is 53.3 Å². The van der Waals surface area contributed by atoms with Crippen molar-refractivity contribution in [2.75, 3.05) is 14.1 Å². The number of hydrogen-bond acceptors (Lipinski definition) is 6. The molecule has 0 aliphatic rings. The van der Waals surface area contributed by atoms with Gasteiger partial charge in [0.15, 0.2) is 5.82 Å². The van der Waals surface area contributed by atoms with Crippen molar-refractivity contribution in [3.8, 4) is 22.5 Å². The second-order valence-electron chi connectivity index (χ2n) is 9.42. The lowest BCUT2D eigenvalue weighted by Crippen LogP contribution is -2.33. The van der Waals surface area contributed by atoms with Crippen LogP contribution in [0, 0.1) is 6.92 Å². The number of rotatable bonds is 9. The van der Waals surface area contributed by atoms with Crippen molar-refractivity contribution >= 4 is 17.2 Å². The van der Waals surface area contributed by atoms with Gasteiger partial charge in [-0.1, -0.05) is 74.1 Å². The average molecular weight is 516 g/mol. The summed E-state index contributed by atoms with van der Waals surface area (Å²) in [6.07, 6.45) is 3.20. The van der Waals surface area contributed by atoms with Gasteiger partial charge in [-0.15, -0.1) is 5.10 Å². The van der Waals surface area contributed by atoms with E-state index in [0.29, 0.717) is 24.4 Å². The number of likely N-dealkylation sites (N-methyl/N-ethyl adjacent to an activating group) is 1. The standard InChI is InChI=1S/C28H33N7OS/c1-6-7-12-25-29-19(2)24(17-26(37)33(3)4)28(36)35(25)18-20-13-15-21(16-14-20)22-10-8-9-11-23(22)27-30-31-32-34(27)5/h8-11,13-16H,6-7,12,17-18H2,1-5H3. The molecule has 9 heteroatoms. The van der Waals surface area contributed by atoms with Gasteiger partial charge in [-0.2, -0.15) is 0 Å². The summed E-state index contributed by atoms with van der Waals surface area (Å²) in [5.74, 6) is 1.54. The largest absolute Gasteiger partial charge is 0.372 e. The number of hydrogen-bond donors (Lipinski definition) is 0. The molecule has 0 atom stereocenters. The molecule has 0 saturated heterocycles. The summed E-state index contributed by atoms with van der Waals surface area (Å²) in [5.41, 5.74) is 5.53. The fourth-order valence-electron chi connectivity index (χ4n) is 4.32. The first-order valence-corrected chi connectivity index (χ1v) is 12.9. The SMILES string of the molecule is CCCCc1nc(C)c(CC(=S)N(C)C)c(=O)n1Cc1ccc(-c2ccccc2-c2nnnn2C)cc1. The molecular weight excluding hydrogens is 482 g/mol. The minimum absolute atomic E-state index is 0.00740. The lowest BCUT2D eigenvalue weighted by Gasteiger charge is -2.18. The third-order valence-corrected chi connectivity index (χ3v) is 7.03. The number of nitrogens with zero attached hydrogens (tertiary/aromatic N) is 7. The van der Waals surface area contributed by atoms with Crippen molar-refractivity contribution in [1.82, 2.24) is 34.7 Å². The highest BCUT2D eigenvalue weighted by molar-refractivity contribution is 7.80. The maximum Gasteiger partial charge on any atom is 0.257 e. The third kappa shape index (κ3) is 5.83. The van der Waals surface area contributed by atoms with E-state index >= 15 is 0 Å². The fourth-order valence-corrected chi connectivity index (χ4v) is 4.46. The molecule has 37 heavy (non-hydrogen) atoms. The van der Waals surface area contributed by atoms with E-state index in [1.54, 1.807) is 4.68 Å². The first-order valence-electron chi connectivity index (χ1n) is 12.5. The smallest absolute Gasteiger partial charge is 0.257 e. The van der Waals surface area contributed by atoms with Gasteiger partial charge in [0.1, 0.15) is 5.82 Å². The van der Waals surface area contributed by atoms with Crippen LogP contribution in [0.2, 0.25) is 0 Å². The molecule has 4 aromatic rings. The zero-order chi connectivity index (χ0) is 26.5. The van der Waals surface area contributed by atoms with Crippen LogP contribution in [-0.4, -0.2) is 53.7 Å². The molecule has 192 valence electrons. The van der Waals surface area contributed by atoms with Gasteiger partial charge in [0.2, 0.25) is 0 Å². The minimum Gasteiger partial charge on any atom is -0.372 e. The van der Waals surface area contributed by atoms with Crippen molar-refractivity contribution in [2.24, 2.45) is 7.05 Å². The Kier molecular flexibility index (Phi) is 8.23. The molecule has 2 aromatic heterocycles. The van der Waals surface area contributed by atoms with Crippen LogP contribution in [0.25, 0.3) is 22.5 Å². The highest BCUT2D eigenvalue weighted by Gasteiger charge is 2.17. The van der Waals surface area contributed by atoms with E-state index in [-0.39, 0.29) is 5.56 Å². The van der Waals surface area contributed by atoms with Gasteiger partial charge in [-0.3, -0.25) is 9.36 Å². The molecule has 0 aliphatic carbocycles. The van der Waals surface area contributed by atoms with Gasteiger partial charge in [0.25, 0.3) is 5.56 Å². The van der Waals surface area contributed by atoms with Gasteiger partial charge < -0.3 is 4.90 Å². The Labute approximate surface area is 223 Å². The Morgan fingerprint density at radius 3 is 2.38 bits per heavy atom. The lowest BCUT2D eigenvalue weighted by atomic mass is 9.98. The molecule has 0 fully saturated rings. The molecule has 2 aromatic carbocycles. The molecule has 0 N–H and O–H groups in total. The molecule has 8 nitrogen and oxygen atoms in total. The molecule has 0 aliphatic heterocycles. The van der Waals surface area contributed by atoms with Crippen LogP contribution in [-0.2, 0) is 26.4 Å². The van der Waals surface area contributed by atoms with Crippen molar-refractivity contribution in [2.45, 2.75) is 46.1 Å². The van der Waals surface area contributed by atoms with E-state index in [1.165, 1.54) is 0 Å². The van der Waals surface area contributed by atoms with E-state index in [1.807, 2.05) is 55.7 Å². The van der Waals surface area contributed by atoms with Crippen LogP contribution in [0.1, 0.15) is 42.4 Å². The van der Waals surface area contributed by atoms with Crippen LogP contribution in [0.3, 0.4) is 0 Å². The lowest BCUT2D eigenvalue weighted by molar-refractivity contribution is 0.610. The Morgan fingerprint density at radius 1 is 1.05 bits per heavy atom. The average Bonchev–Trinajstić information content (AvgIpc) is 3.33. The number of aromatic nitrogens is 6. The molecule has 0 radical (unpaired) electrons. The third-order valence-electron chi connectivity index (χ3n) is 6.52. The minimum atomic E-state index is -0.00740. The predicted octanol–water partition coefficient (Wildman–Crippen LogP) is 4.23. The summed E-state index contributed by atoms with van der Waals surface area (Å²) in [4.78, 5) is 21.1. The topological polar surface area (TPSA) is 81.7 Å². The molecule has 4 rings (SSSR count). The number of aryl methyl sites for hydroxylation is 3. The highest BCUT2D eigenvalue weighted by Crippen LogP contribution is 2.30. The second kappa shape index (κ2) is 11.6. The Morgan fingerprint density at radius 2 is 1.76 bits per heavy atom. The number of benzene rings is 2. The van der Waals surface area contributed by atoms with Crippen LogP contribution >= 0.6 is 12.2 Å². The Balaban J connectivity index is 1.68. The Hall–Kier alpha value is -3.72. The molecule has 0 spiro atoms. The summed E-state index contributed by atoms with van der Waals surface area (Å²) in [5, 5.41) is 11.9. The van der Waals surface area contributed by atoms with Gasteiger partial charge in [-0.25, -0.2) is 9.67 Å². The molecule has 0 amide bonds. The summed E-state index contributed by atoms with van der Waals surface area (Å²) in [6.45, 7) is 4.52. The number of tetrazole rings is 1. The van der Waals surface area contributed by atoms with E-state index < -0.39 is 0 Å². The van der Waals surface area contributed by atoms with Gasteiger partial charge in [0, 0.05) is 50.8 Å². The van der Waals surface area contributed by atoms with Crippen LogP contribution < -0.4 is 5.56 Å². The first-order chi connectivity index (χ1) is 17.8. The van der Waals surface area contributed by atoms with Gasteiger partial charge in [-0.05, 0) is 40.5 Å². The summed E-state index contributed by atoms with van der Waals surface area (Å²) < 4.78 is 3.49. The van der Waals surface area contributed by atoms with Crippen molar-refractivity contribution in [3.05, 3.63) is 81.5 Å². The molecule has 0 unspecified atom stereocenters. The zero-order valence-corrected chi connectivity index (χ0v) is 22.9. The molecule has 0 bridgehead atoms. The maximum atomic E-state index is 13.7. The monoisotopic (exact) mass is 515 g/mol. The highest BCUT2D eigenvalue weighted by atomic mass is 32.1. The number of thiocarbonyl (C=S) groups is 1. The van der Waals surface area contributed by atoms with Crippen molar-refractivity contribution in [3.63, 3.8) is 0 Å². The number of unbranched alkanes of at least 4 members (excludes halogenated alkanes) is 1. The normalized spacial score (nSPS) is 11.1. The fraction of sp³-hybridized carbons (Fsp3) is 0.357. The molecule has 2 heterocycles. The van der Waals surface area contributed by atoms with Crippen LogP contribution in [0.5, 0.6) is 0 Å². The van der Waals surface area contributed by atoms with E-state index in [2.05, 4.69) is 52.8 Å². The zero-order valence-electron chi connectivity index (χ0n) is 22.1. The maximum absolute atomic E-state index is 13.7. The summed E-state index contributed by atoms with van der Waals surface area (Å²) >= 11 is 5.50. The first kappa shape index (κ1) is 26.3. The molecular formula is C28H33N7OS. The van der Waals surface area contributed by atoms with Crippen LogP contribution in [0.4, 0.5) is 0 Å².